The van der Waals surface area contributed by atoms with Gasteiger partial charge in [0.15, 0.2) is 0 Å². The third-order valence-electron chi connectivity index (χ3n) is 3.62. The molecule has 2 aromatic carbocycles. The van der Waals surface area contributed by atoms with Crippen LogP contribution in [0, 0.1) is 6.92 Å². The number of methoxy groups -OCH3 is 1. The van der Waals surface area contributed by atoms with E-state index in [1.165, 1.54) is 11.1 Å². The van der Waals surface area contributed by atoms with Crippen molar-refractivity contribution < 1.29 is 4.74 Å². The second-order valence-electron chi connectivity index (χ2n) is 4.95. The largest absolute Gasteiger partial charge is 0.496 e. The Morgan fingerprint density at radius 2 is 1.95 bits per heavy atom. The van der Waals surface area contributed by atoms with Crippen LogP contribution in [0.3, 0.4) is 0 Å². The number of ether oxygens (including phenoxy) is 1. The molecule has 2 nitrogen and oxygen atoms in total. The summed E-state index contributed by atoms with van der Waals surface area (Å²) in [5.41, 5.74) is 9.63. The van der Waals surface area contributed by atoms with Crippen molar-refractivity contribution in [2.45, 2.75) is 19.3 Å². The first kappa shape index (κ1) is 14.9. The van der Waals surface area contributed by atoms with Crippen molar-refractivity contribution in [1.82, 2.24) is 0 Å². The number of aryl methyl sites for hydroxylation is 1. The van der Waals surface area contributed by atoms with Crippen molar-refractivity contribution in [2.24, 2.45) is 5.73 Å². The first-order chi connectivity index (χ1) is 9.65. The van der Waals surface area contributed by atoms with Gasteiger partial charge in [-0.05, 0) is 54.8 Å². The molecule has 2 aromatic rings. The molecule has 106 valence electrons. The summed E-state index contributed by atoms with van der Waals surface area (Å²) in [6.07, 6.45) is 0.824. The number of nitrogens with two attached hydrogens (primary N) is 1. The molecule has 0 heterocycles. The first-order valence-electron chi connectivity index (χ1n) is 6.73. The molecule has 0 saturated carbocycles. The molecule has 0 fully saturated rings. The second-order valence-corrected chi connectivity index (χ2v) is 5.39. The molecule has 0 aliphatic rings. The third kappa shape index (κ3) is 3.33. The highest BCUT2D eigenvalue weighted by Crippen LogP contribution is 2.29. The maximum absolute atomic E-state index is 6.09. The lowest BCUT2D eigenvalue weighted by atomic mass is 9.89. The standard InChI is InChI=1S/C17H20ClNO/c1-12-5-3-4-6-16(12)14(11-19)9-13-10-15(18)7-8-17(13)20-2/h3-8,10,14H,9,11,19H2,1-2H3. The summed E-state index contributed by atoms with van der Waals surface area (Å²) in [7, 11) is 1.68. The molecule has 0 aliphatic heterocycles. The molecular weight excluding hydrogens is 270 g/mol. The van der Waals surface area contributed by atoms with E-state index in [4.69, 9.17) is 22.1 Å². The van der Waals surface area contributed by atoms with Crippen LogP contribution >= 0.6 is 11.6 Å². The fourth-order valence-electron chi connectivity index (χ4n) is 2.54. The second kappa shape index (κ2) is 6.78. The van der Waals surface area contributed by atoms with Crippen LogP contribution in [0.25, 0.3) is 0 Å². The van der Waals surface area contributed by atoms with Crippen molar-refractivity contribution in [1.29, 1.82) is 0 Å². The first-order valence-corrected chi connectivity index (χ1v) is 7.11. The van der Waals surface area contributed by atoms with Crippen LogP contribution in [0.1, 0.15) is 22.6 Å². The average molecular weight is 290 g/mol. The Hall–Kier alpha value is -1.51. The molecule has 0 bridgehead atoms. The monoisotopic (exact) mass is 289 g/mol. The molecular formula is C17H20ClNO. The van der Waals surface area contributed by atoms with E-state index in [-0.39, 0.29) is 5.92 Å². The lowest BCUT2D eigenvalue weighted by molar-refractivity contribution is 0.408. The quantitative estimate of drug-likeness (QED) is 0.905. The van der Waals surface area contributed by atoms with Crippen LogP contribution in [0.4, 0.5) is 0 Å². The predicted molar refractivity (Wildman–Crippen MR) is 84.7 cm³/mol. The fourth-order valence-corrected chi connectivity index (χ4v) is 2.73. The van der Waals surface area contributed by atoms with E-state index in [9.17, 15) is 0 Å². The summed E-state index contributed by atoms with van der Waals surface area (Å²) in [6, 6.07) is 14.1. The topological polar surface area (TPSA) is 35.2 Å². The van der Waals surface area contributed by atoms with Crippen LogP contribution in [0.5, 0.6) is 5.75 Å². The number of halogens is 1. The summed E-state index contributed by atoms with van der Waals surface area (Å²) in [5, 5.41) is 0.723. The van der Waals surface area contributed by atoms with Crippen molar-refractivity contribution in [3.05, 3.63) is 64.2 Å². The van der Waals surface area contributed by atoms with E-state index >= 15 is 0 Å². The highest BCUT2D eigenvalue weighted by atomic mass is 35.5. The van der Waals surface area contributed by atoms with Crippen LogP contribution in [-0.2, 0) is 6.42 Å². The van der Waals surface area contributed by atoms with E-state index in [0.717, 1.165) is 22.8 Å². The SMILES string of the molecule is COc1ccc(Cl)cc1CC(CN)c1ccccc1C. The van der Waals surface area contributed by atoms with Gasteiger partial charge in [-0.25, -0.2) is 0 Å². The summed E-state index contributed by atoms with van der Waals surface area (Å²) in [5.74, 6) is 1.13. The number of benzene rings is 2. The third-order valence-corrected chi connectivity index (χ3v) is 3.86. The van der Waals surface area contributed by atoms with Gasteiger partial charge in [0.05, 0.1) is 7.11 Å². The van der Waals surface area contributed by atoms with Gasteiger partial charge in [0.2, 0.25) is 0 Å². The molecule has 2 N–H and O–H groups in total. The molecule has 0 saturated heterocycles. The average Bonchev–Trinajstić information content (AvgIpc) is 2.46. The maximum atomic E-state index is 6.09. The van der Waals surface area contributed by atoms with E-state index in [0.29, 0.717) is 6.54 Å². The maximum Gasteiger partial charge on any atom is 0.122 e. The molecule has 2 rings (SSSR count). The Bertz CT molecular complexity index is 583. The summed E-state index contributed by atoms with van der Waals surface area (Å²) < 4.78 is 5.41. The highest BCUT2D eigenvalue weighted by molar-refractivity contribution is 6.30. The summed E-state index contributed by atoms with van der Waals surface area (Å²) >= 11 is 6.09. The lowest BCUT2D eigenvalue weighted by Gasteiger charge is -2.19. The number of hydrogen-bond donors (Lipinski definition) is 1. The Kier molecular flexibility index (Phi) is 5.05. The minimum absolute atomic E-state index is 0.267. The van der Waals surface area contributed by atoms with Crippen molar-refractivity contribution in [2.75, 3.05) is 13.7 Å². The Morgan fingerprint density at radius 3 is 2.60 bits per heavy atom. The lowest BCUT2D eigenvalue weighted by Crippen LogP contribution is -2.16. The van der Waals surface area contributed by atoms with E-state index in [2.05, 4.69) is 25.1 Å². The number of hydrogen-bond acceptors (Lipinski definition) is 2. The molecule has 0 aliphatic carbocycles. The fraction of sp³-hybridized carbons (Fsp3) is 0.294. The van der Waals surface area contributed by atoms with Gasteiger partial charge in [-0.1, -0.05) is 35.9 Å². The Labute approximate surface area is 125 Å². The van der Waals surface area contributed by atoms with Gasteiger partial charge in [-0.3, -0.25) is 0 Å². The summed E-state index contributed by atoms with van der Waals surface area (Å²) in [4.78, 5) is 0. The zero-order valence-corrected chi connectivity index (χ0v) is 12.7. The molecule has 3 heteroatoms. The minimum atomic E-state index is 0.267. The molecule has 0 amide bonds. The van der Waals surface area contributed by atoms with Crippen molar-refractivity contribution in [3.8, 4) is 5.75 Å². The normalized spacial score (nSPS) is 12.2. The molecule has 0 spiro atoms. The van der Waals surface area contributed by atoms with Crippen LogP contribution in [-0.4, -0.2) is 13.7 Å². The molecule has 1 unspecified atom stereocenters. The van der Waals surface area contributed by atoms with Crippen LogP contribution in [0.15, 0.2) is 42.5 Å². The minimum Gasteiger partial charge on any atom is -0.496 e. The highest BCUT2D eigenvalue weighted by Gasteiger charge is 2.15. The molecule has 0 aromatic heterocycles. The van der Waals surface area contributed by atoms with Crippen molar-refractivity contribution in [3.63, 3.8) is 0 Å². The molecule has 1 atom stereocenters. The van der Waals surface area contributed by atoms with Crippen LogP contribution in [0.2, 0.25) is 5.02 Å². The van der Waals surface area contributed by atoms with E-state index in [1.54, 1.807) is 7.11 Å². The summed E-state index contributed by atoms with van der Waals surface area (Å²) in [6.45, 7) is 2.72. The van der Waals surface area contributed by atoms with Gasteiger partial charge in [-0.2, -0.15) is 0 Å². The smallest absolute Gasteiger partial charge is 0.122 e. The van der Waals surface area contributed by atoms with Gasteiger partial charge in [0.25, 0.3) is 0 Å². The Morgan fingerprint density at radius 1 is 1.20 bits per heavy atom. The van der Waals surface area contributed by atoms with Crippen molar-refractivity contribution >= 4 is 11.6 Å². The number of rotatable bonds is 5. The van der Waals surface area contributed by atoms with Crippen LogP contribution < -0.4 is 10.5 Å². The van der Waals surface area contributed by atoms with E-state index in [1.807, 2.05) is 24.3 Å². The zero-order chi connectivity index (χ0) is 14.5. The van der Waals surface area contributed by atoms with Gasteiger partial charge < -0.3 is 10.5 Å². The van der Waals surface area contributed by atoms with Gasteiger partial charge in [-0.15, -0.1) is 0 Å². The molecule has 20 heavy (non-hydrogen) atoms. The molecule has 0 radical (unpaired) electrons. The van der Waals surface area contributed by atoms with Gasteiger partial charge >= 0.3 is 0 Å². The Balaban J connectivity index is 2.31. The predicted octanol–water partition coefficient (Wildman–Crippen LogP) is 3.94. The zero-order valence-electron chi connectivity index (χ0n) is 11.9. The van der Waals surface area contributed by atoms with E-state index < -0.39 is 0 Å². The van der Waals surface area contributed by atoms with Gasteiger partial charge in [0.1, 0.15) is 5.75 Å². The van der Waals surface area contributed by atoms with Gasteiger partial charge in [0, 0.05) is 10.9 Å².